The van der Waals surface area contributed by atoms with E-state index in [0.717, 1.165) is 25.3 Å². The molecule has 2 rings (SSSR count). The Hall–Kier alpha value is -2.24. The minimum Gasteiger partial charge on any atom is -0.357 e. The van der Waals surface area contributed by atoms with Crippen molar-refractivity contribution >= 4 is 35.8 Å². The fraction of sp³-hybridized carbons (Fsp3) is 0.474. The third-order valence-corrected chi connectivity index (χ3v) is 4.10. The molecule has 0 aliphatic carbocycles. The highest BCUT2D eigenvalue weighted by Crippen LogP contribution is 2.08. The Balaban J connectivity index is 0.00000420. The maximum absolute atomic E-state index is 13.6. The van der Waals surface area contributed by atoms with Gasteiger partial charge < -0.3 is 20.5 Å². The van der Waals surface area contributed by atoms with Crippen LogP contribution in [0.5, 0.6) is 0 Å². The number of rotatable bonds is 9. The molecule has 1 aromatic carbocycles. The van der Waals surface area contributed by atoms with Crippen molar-refractivity contribution in [3.05, 3.63) is 47.3 Å². The van der Waals surface area contributed by atoms with Crippen molar-refractivity contribution in [3.63, 3.8) is 0 Å². The molecule has 160 valence electrons. The van der Waals surface area contributed by atoms with Crippen molar-refractivity contribution < 1.29 is 9.18 Å². The molecule has 1 heterocycles. The third-order valence-electron chi connectivity index (χ3n) is 4.10. The van der Waals surface area contributed by atoms with Crippen LogP contribution < -0.4 is 16.0 Å². The molecular formula is C19H29FIN7O. The van der Waals surface area contributed by atoms with Crippen molar-refractivity contribution in [3.8, 4) is 0 Å². The van der Waals surface area contributed by atoms with Gasteiger partial charge in [0.25, 0.3) is 5.91 Å². The Kier molecular flexibility index (Phi) is 11.2. The first kappa shape index (κ1) is 24.8. The predicted molar refractivity (Wildman–Crippen MR) is 122 cm³/mol. The largest absolute Gasteiger partial charge is 0.357 e. The molecule has 0 unspecified atom stereocenters. The number of aromatic nitrogens is 3. The first-order valence-corrected chi connectivity index (χ1v) is 9.48. The van der Waals surface area contributed by atoms with E-state index in [0.29, 0.717) is 36.7 Å². The highest BCUT2D eigenvalue weighted by atomic mass is 127. The summed E-state index contributed by atoms with van der Waals surface area (Å²) >= 11 is 0. The second-order valence-corrected chi connectivity index (χ2v) is 6.20. The van der Waals surface area contributed by atoms with Crippen LogP contribution in [0.2, 0.25) is 0 Å². The Bertz CT molecular complexity index is 810. The van der Waals surface area contributed by atoms with Gasteiger partial charge in [0.1, 0.15) is 18.0 Å². The molecule has 29 heavy (non-hydrogen) atoms. The Labute approximate surface area is 187 Å². The van der Waals surface area contributed by atoms with Gasteiger partial charge in [0.15, 0.2) is 5.96 Å². The number of aliphatic imine (C=N–C) groups is 1. The predicted octanol–water partition coefficient (Wildman–Crippen LogP) is 1.89. The van der Waals surface area contributed by atoms with Crippen molar-refractivity contribution in [2.75, 3.05) is 26.2 Å². The minimum atomic E-state index is -0.386. The SMILES string of the molecule is CCNC(=NCCNC(=O)c1ccc(C)c(F)c1)NCCn1cnnc1CC.I. The van der Waals surface area contributed by atoms with Crippen LogP contribution in [-0.2, 0) is 13.0 Å². The number of aryl methyl sites for hydroxylation is 2. The van der Waals surface area contributed by atoms with Crippen molar-refractivity contribution in [2.24, 2.45) is 4.99 Å². The van der Waals surface area contributed by atoms with E-state index in [1.807, 2.05) is 18.4 Å². The van der Waals surface area contributed by atoms with Gasteiger partial charge in [0.05, 0.1) is 6.54 Å². The smallest absolute Gasteiger partial charge is 0.251 e. The van der Waals surface area contributed by atoms with Crippen LogP contribution in [0.3, 0.4) is 0 Å². The zero-order valence-corrected chi connectivity index (χ0v) is 19.4. The number of hydrogen-bond donors (Lipinski definition) is 3. The Morgan fingerprint density at radius 3 is 2.69 bits per heavy atom. The van der Waals surface area contributed by atoms with Gasteiger partial charge in [-0.3, -0.25) is 9.79 Å². The minimum absolute atomic E-state index is 0. The normalized spacial score (nSPS) is 11.0. The summed E-state index contributed by atoms with van der Waals surface area (Å²) in [5.41, 5.74) is 0.817. The summed E-state index contributed by atoms with van der Waals surface area (Å²) in [7, 11) is 0. The van der Waals surface area contributed by atoms with Crippen LogP contribution >= 0.6 is 24.0 Å². The summed E-state index contributed by atoms with van der Waals surface area (Å²) in [4.78, 5) is 16.5. The molecule has 0 saturated heterocycles. The maximum atomic E-state index is 13.6. The molecular weight excluding hydrogens is 488 g/mol. The van der Waals surface area contributed by atoms with Crippen LogP contribution in [-0.4, -0.2) is 52.8 Å². The lowest BCUT2D eigenvalue weighted by atomic mass is 10.1. The quantitative estimate of drug-likeness (QED) is 0.205. The van der Waals surface area contributed by atoms with Gasteiger partial charge in [-0.1, -0.05) is 13.0 Å². The van der Waals surface area contributed by atoms with Crippen molar-refractivity contribution in [1.29, 1.82) is 0 Å². The highest BCUT2D eigenvalue weighted by molar-refractivity contribution is 14.0. The lowest BCUT2D eigenvalue weighted by Gasteiger charge is -2.12. The zero-order chi connectivity index (χ0) is 20.4. The average Bonchev–Trinajstić information content (AvgIpc) is 3.14. The summed E-state index contributed by atoms with van der Waals surface area (Å²) in [5, 5.41) is 17.1. The monoisotopic (exact) mass is 517 g/mol. The molecule has 0 radical (unpaired) electrons. The first-order chi connectivity index (χ1) is 13.5. The fourth-order valence-electron chi connectivity index (χ4n) is 2.55. The van der Waals surface area contributed by atoms with E-state index in [9.17, 15) is 9.18 Å². The molecule has 10 heteroatoms. The van der Waals surface area contributed by atoms with Gasteiger partial charge in [-0.25, -0.2) is 4.39 Å². The molecule has 0 saturated carbocycles. The lowest BCUT2D eigenvalue weighted by Crippen LogP contribution is -2.39. The maximum Gasteiger partial charge on any atom is 0.251 e. The van der Waals surface area contributed by atoms with Crippen molar-refractivity contribution in [1.82, 2.24) is 30.7 Å². The molecule has 0 atom stereocenters. The van der Waals surface area contributed by atoms with E-state index in [1.165, 1.54) is 6.07 Å². The third kappa shape index (κ3) is 7.95. The van der Waals surface area contributed by atoms with Crippen LogP contribution in [0.1, 0.15) is 35.6 Å². The lowest BCUT2D eigenvalue weighted by molar-refractivity contribution is 0.0954. The molecule has 0 fully saturated rings. The van der Waals surface area contributed by atoms with Crippen LogP contribution in [0.15, 0.2) is 29.5 Å². The van der Waals surface area contributed by atoms with Gasteiger partial charge in [-0.05, 0) is 31.5 Å². The van der Waals surface area contributed by atoms with Gasteiger partial charge in [0.2, 0.25) is 0 Å². The Morgan fingerprint density at radius 1 is 1.21 bits per heavy atom. The number of halogens is 2. The van der Waals surface area contributed by atoms with E-state index in [1.54, 1.807) is 25.4 Å². The van der Waals surface area contributed by atoms with E-state index in [-0.39, 0.29) is 35.7 Å². The molecule has 0 bridgehead atoms. The molecule has 0 aliphatic heterocycles. The summed E-state index contributed by atoms with van der Waals surface area (Å²) < 4.78 is 15.6. The van der Waals surface area contributed by atoms with Gasteiger partial charge in [-0.2, -0.15) is 0 Å². The van der Waals surface area contributed by atoms with E-state index in [4.69, 9.17) is 0 Å². The van der Waals surface area contributed by atoms with Crippen LogP contribution in [0.4, 0.5) is 4.39 Å². The summed E-state index contributed by atoms with van der Waals surface area (Å²) in [6, 6.07) is 4.45. The van der Waals surface area contributed by atoms with Crippen molar-refractivity contribution in [2.45, 2.75) is 33.7 Å². The molecule has 3 N–H and O–H groups in total. The molecule has 8 nitrogen and oxygen atoms in total. The molecule has 1 aromatic heterocycles. The highest BCUT2D eigenvalue weighted by Gasteiger charge is 2.07. The molecule has 2 aromatic rings. The number of amides is 1. The number of nitrogens with zero attached hydrogens (tertiary/aromatic N) is 4. The number of nitrogens with one attached hydrogen (secondary N) is 3. The topological polar surface area (TPSA) is 96.2 Å². The van der Waals surface area contributed by atoms with Crippen LogP contribution in [0, 0.1) is 12.7 Å². The molecule has 0 aliphatic rings. The summed E-state index contributed by atoms with van der Waals surface area (Å²) in [6.07, 6.45) is 2.55. The average molecular weight is 517 g/mol. The zero-order valence-electron chi connectivity index (χ0n) is 17.0. The number of carbonyl (C=O) groups is 1. The molecule has 1 amide bonds. The second kappa shape index (κ2) is 13.1. The number of guanidine groups is 1. The number of benzene rings is 1. The van der Waals surface area contributed by atoms with E-state index in [2.05, 4.69) is 31.1 Å². The molecule has 0 spiro atoms. The Morgan fingerprint density at radius 2 is 2.00 bits per heavy atom. The number of hydrogen-bond acceptors (Lipinski definition) is 4. The number of carbonyl (C=O) groups excluding carboxylic acids is 1. The van der Waals surface area contributed by atoms with Gasteiger partial charge in [0, 0.05) is 38.2 Å². The standard InChI is InChI=1S/C19H28FN7O.HI/c1-4-17-26-25-13-27(17)11-10-24-19(21-5-2)23-9-8-22-18(28)15-7-6-14(3)16(20)12-15;/h6-7,12-13H,4-5,8-11H2,1-3H3,(H,22,28)(H2,21,23,24);1H. The van der Waals surface area contributed by atoms with E-state index >= 15 is 0 Å². The van der Waals surface area contributed by atoms with E-state index < -0.39 is 0 Å². The first-order valence-electron chi connectivity index (χ1n) is 9.48. The summed E-state index contributed by atoms with van der Waals surface area (Å²) in [5.74, 6) is 0.915. The van der Waals surface area contributed by atoms with Gasteiger partial charge in [-0.15, -0.1) is 34.2 Å². The van der Waals surface area contributed by atoms with Crippen LogP contribution in [0.25, 0.3) is 0 Å². The summed E-state index contributed by atoms with van der Waals surface area (Å²) in [6.45, 7) is 8.58. The second-order valence-electron chi connectivity index (χ2n) is 6.20. The van der Waals surface area contributed by atoms with Gasteiger partial charge >= 0.3 is 0 Å². The fourth-order valence-corrected chi connectivity index (χ4v) is 2.55.